The molecule has 0 atom stereocenters. The molecule has 4 rings (SSSR count). The van der Waals surface area contributed by atoms with E-state index in [1.54, 1.807) is 11.2 Å². The van der Waals surface area contributed by atoms with Crippen LogP contribution in [0.15, 0.2) is 24.7 Å². The fourth-order valence-electron chi connectivity index (χ4n) is 4.00. The molecule has 0 saturated carbocycles. The average molecular weight is 500 g/mol. The van der Waals surface area contributed by atoms with E-state index in [-0.39, 0.29) is 17.6 Å². The van der Waals surface area contributed by atoms with E-state index in [1.807, 2.05) is 36.6 Å². The van der Waals surface area contributed by atoms with Gasteiger partial charge in [0.2, 0.25) is 5.91 Å². The van der Waals surface area contributed by atoms with E-state index in [1.165, 1.54) is 0 Å². The van der Waals surface area contributed by atoms with E-state index in [0.717, 1.165) is 11.2 Å². The molecule has 0 spiro atoms. The number of carbonyl (C=O) groups excluding carboxylic acids is 1. The number of pyridine rings is 1. The molecule has 0 radical (unpaired) electrons. The molecule has 0 aromatic carbocycles. The molecule has 0 bridgehead atoms. The van der Waals surface area contributed by atoms with E-state index >= 15 is 0 Å². The van der Waals surface area contributed by atoms with Crippen molar-refractivity contribution in [3.05, 3.63) is 46.9 Å². The molecule has 182 valence electrons. The fourth-order valence-corrected chi connectivity index (χ4v) is 5.34. The SMILES string of the molecule is CC(C)c1ncn2cc(N3C(=O)C(C)(C)c4c(Cl)nc(CO[Si](C)(C)C(C)(C)C)nc43)ccc12. The summed E-state index contributed by atoms with van der Waals surface area (Å²) in [7, 11) is -2.00. The summed E-state index contributed by atoms with van der Waals surface area (Å²) < 4.78 is 8.29. The summed E-state index contributed by atoms with van der Waals surface area (Å²) in [4.78, 5) is 29.1. The molecule has 1 aliphatic heterocycles. The smallest absolute Gasteiger partial charge is 0.243 e. The van der Waals surface area contributed by atoms with Gasteiger partial charge in [0, 0.05) is 11.8 Å². The molecular formula is C25H34ClN5O2Si. The maximum absolute atomic E-state index is 13.6. The molecule has 0 aliphatic carbocycles. The molecule has 3 aromatic rings. The second kappa shape index (κ2) is 8.14. The topological polar surface area (TPSA) is 72.6 Å². The Bertz CT molecular complexity index is 1280. The van der Waals surface area contributed by atoms with E-state index in [9.17, 15) is 4.79 Å². The molecule has 0 fully saturated rings. The van der Waals surface area contributed by atoms with Crippen molar-refractivity contribution in [3.63, 3.8) is 0 Å². The van der Waals surface area contributed by atoms with Gasteiger partial charge in [0.05, 0.1) is 35.2 Å². The van der Waals surface area contributed by atoms with Crippen molar-refractivity contribution in [2.45, 2.75) is 84.5 Å². The molecule has 0 saturated heterocycles. The van der Waals surface area contributed by atoms with Crippen LogP contribution < -0.4 is 4.90 Å². The number of rotatable bonds is 5. The molecule has 34 heavy (non-hydrogen) atoms. The molecule has 4 heterocycles. The van der Waals surface area contributed by atoms with Gasteiger partial charge >= 0.3 is 0 Å². The number of hydrogen-bond donors (Lipinski definition) is 0. The van der Waals surface area contributed by atoms with Gasteiger partial charge in [0.1, 0.15) is 11.0 Å². The van der Waals surface area contributed by atoms with Crippen LogP contribution >= 0.6 is 11.6 Å². The predicted molar refractivity (Wildman–Crippen MR) is 138 cm³/mol. The van der Waals surface area contributed by atoms with Gasteiger partial charge in [-0.05, 0) is 50.0 Å². The number of hydrogen-bond acceptors (Lipinski definition) is 5. The molecular weight excluding hydrogens is 466 g/mol. The standard InChI is InChI=1S/C25H34ClN5O2Si/c1-15(2)20-17-11-10-16(12-30(17)14-27-20)31-22-19(25(6,7)23(31)32)21(26)28-18(29-22)13-33-34(8,9)24(3,4)5/h10-12,14-15H,13H2,1-9H3. The number of imidazole rings is 1. The maximum atomic E-state index is 13.6. The van der Waals surface area contributed by atoms with Crippen LogP contribution in [0.5, 0.6) is 0 Å². The second-order valence-electron chi connectivity index (χ2n) is 11.4. The van der Waals surface area contributed by atoms with Crippen molar-refractivity contribution in [1.29, 1.82) is 0 Å². The predicted octanol–water partition coefficient (Wildman–Crippen LogP) is 6.38. The summed E-state index contributed by atoms with van der Waals surface area (Å²) in [5.74, 6) is 1.21. The monoisotopic (exact) mass is 499 g/mol. The third-order valence-corrected chi connectivity index (χ3v) is 11.9. The zero-order valence-corrected chi connectivity index (χ0v) is 23.3. The first-order valence-corrected chi connectivity index (χ1v) is 15.0. The normalized spacial score (nSPS) is 16.1. The van der Waals surface area contributed by atoms with Crippen LogP contribution in [0.25, 0.3) is 5.52 Å². The fraction of sp³-hybridized carbons (Fsp3) is 0.520. The zero-order chi connectivity index (χ0) is 25.2. The third-order valence-electron chi connectivity index (χ3n) is 7.19. The number of nitrogens with zero attached hydrogens (tertiary/aromatic N) is 5. The summed E-state index contributed by atoms with van der Waals surface area (Å²) in [6.45, 7) is 19.2. The Kier molecular flexibility index (Phi) is 5.94. The van der Waals surface area contributed by atoms with E-state index < -0.39 is 13.7 Å². The molecule has 1 amide bonds. The Morgan fingerprint density at radius 3 is 2.47 bits per heavy atom. The van der Waals surface area contributed by atoms with Gasteiger partial charge in [0.15, 0.2) is 14.1 Å². The quantitative estimate of drug-likeness (QED) is 0.301. The van der Waals surface area contributed by atoms with Gasteiger partial charge in [-0.3, -0.25) is 9.69 Å². The van der Waals surface area contributed by atoms with Crippen LogP contribution in [0, 0.1) is 0 Å². The lowest BCUT2D eigenvalue weighted by atomic mass is 9.88. The van der Waals surface area contributed by atoms with Gasteiger partial charge in [-0.1, -0.05) is 46.2 Å². The maximum Gasteiger partial charge on any atom is 0.243 e. The summed E-state index contributed by atoms with van der Waals surface area (Å²) in [6, 6.07) is 3.94. The number of fused-ring (bicyclic) bond motifs is 2. The number of anilines is 2. The van der Waals surface area contributed by atoms with Crippen molar-refractivity contribution in [1.82, 2.24) is 19.4 Å². The number of aromatic nitrogens is 4. The highest BCUT2D eigenvalue weighted by Crippen LogP contribution is 2.47. The van der Waals surface area contributed by atoms with Crippen molar-refractivity contribution in [3.8, 4) is 0 Å². The van der Waals surface area contributed by atoms with E-state index in [4.69, 9.17) is 21.0 Å². The summed E-state index contributed by atoms with van der Waals surface area (Å²) in [6.07, 6.45) is 3.70. The first-order chi connectivity index (χ1) is 15.6. The van der Waals surface area contributed by atoms with Crippen LogP contribution in [-0.2, 0) is 21.2 Å². The molecule has 1 aliphatic rings. The third kappa shape index (κ3) is 3.95. The minimum atomic E-state index is -2.00. The highest BCUT2D eigenvalue weighted by Gasteiger charge is 2.48. The zero-order valence-electron chi connectivity index (χ0n) is 21.5. The lowest BCUT2D eigenvalue weighted by Gasteiger charge is -2.35. The van der Waals surface area contributed by atoms with Crippen LogP contribution in [0.4, 0.5) is 11.5 Å². The van der Waals surface area contributed by atoms with Gasteiger partial charge < -0.3 is 8.83 Å². The minimum absolute atomic E-state index is 0.0621. The summed E-state index contributed by atoms with van der Waals surface area (Å²) >= 11 is 6.66. The van der Waals surface area contributed by atoms with Crippen LogP contribution in [0.1, 0.15) is 71.5 Å². The largest absolute Gasteiger partial charge is 0.409 e. The van der Waals surface area contributed by atoms with E-state index in [0.29, 0.717) is 34.0 Å². The highest BCUT2D eigenvalue weighted by atomic mass is 35.5. The Hall–Kier alpha value is -2.29. The Labute approximate surface area is 207 Å². The van der Waals surface area contributed by atoms with Crippen LogP contribution in [0.2, 0.25) is 23.3 Å². The number of carbonyl (C=O) groups is 1. The van der Waals surface area contributed by atoms with Crippen molar-refractivity contribution < 1.29 is 9.22 Å². The van der Waals surface area contributed by atoms with Gasteiger partial charge in [0.25, 0.3) is 0 Å². The number of halogens is 1. The summed E-state index contributed by atoms with van der Waals surface area (Å²) in [5.41, 5.74) is 2.55. The van der Waals surface area contributed by atoms with Crippen molar-refractivity contribution >= 4 is 42.8 Å². The van der Waals surface area contributed by atoms with Crippen molar-refractivity contribution in [2.75, 3.05) is 4.90 Å². The lowest BCUT2D eigenvalue weighted by molar-refractivity contribution is -0.121. The first-order valence-electron chi connectivity index (χ1n) is 11.7. The molecule has 0 unspecified atom stereocenters. The van der Waals surface area contributed by atoms with E-state index in [2.05, 4.69) is 57.7 Å². The lowest BCUT2D eigenvalue weighted by Crippen LogP contribution is -2.40. The minimum Gasteiger partial charge on any atom is -0.409 e. The Morgan fingerprint density at radius 1 is 1.18 bits per heavy atom. The Balaban J connectivity index is 1.77. The van der Waals surface area contributed by atoms with Gasteiger partial charge in [-0.15, -0.1) is 0 Å². The van der Waals surface area contributed by atoms with Gasteiger partial charge in [-0.25, -0.2) is 15.0 Å². The molecule has 9 heteroatoms. The highest BCUT2D eigenvalue weighted by molar-refractivity contribution is 6.74. The van der Waals surface area contributed by atoms with Gasteiger partial charge in [-0.2, -0.15) is 0 Å². The Morgan fingerprint density at radius 2 is 1.85 bits per heavy atom. The van der Waals surface area contributed by atoms with Crippen LogP contribution in [-0.4, -0.2) is 33.6 Å². The van der Waals surface area contributed by atoms with Crippen LogP contribution in [0.3, 0.4) is 0 Å². The number of amides is 1. The molecule has 0 N–H and O–H groups in total. The van der Waals surface area contributed by atoms with Crippen molar-refractivity contribution in [2.24, 2.45) is 0 Å². The summed E-state index contributed by atoms with van der Waals surface area (Å²) in [5, 5.41) is 0.359. The molecule has 7 nitrogen and oxygen atoms in total. The first kappa shape index (κ1) is 24.8. The molecule has 3 aromatic heterocycles. The average Bonchev–Trinajstić information content (AvgIpc) is 3.22. The second-order valence-corrected chi connectivity index (χ2v) is 16.6.